The zero-order valence-electron chi connectivity index (χ0n) is 4.70. The Morgan fingerprint density at radius 2 is 2.12 bits per heavy atom. The van der Waals surface area contributed by atoms with Crippen molar-refractivity contribution in [2.45, 2.75) is 20.8 Å². The van der Waals surface area contributed by atoms with E-state index in [1.54, 1.807) is 0 Å². The van der Waals surface area contributed by atoms with Crippen LogP contribution >= 0.6 is 45.2 Å². The third-order valence-corrected chi connectivity index (χ3v) is 6.00. The normalized spacial score (nSPS) is 47.6. The van der Waals surface area contributed by atoms with Crippen LogP contribution in [0.15, 0.2) is 0 Å². The summed E-state index contributed by atoms with van der Waals surface area (Å²) in [6, 6.07) is 0.720. The van der Waals surface area contributed by atoms with Crippen LogP contribution in [0.1, 0.15) is 6.92 Å². The third kappa shape index (κ3) is 1.47. The highest BCUT2D eigenvalue weighted by atomic mass is 127. The molecule has 0 aliphatic carbocycles. The summed E-state index contributed by atoms with van der Waals surface area (Å²) in [6.45, 7) is 3.44. The van der Waals surface area contributed by atoms with E-state index in [1.807, 2.05) is 0 Å². The van der Waals surface area contributed by atoms with Crippen molar-refractivity contribution >= 4 is 45.2 Å². The summed E-state index contributed by atoms with van der Waals surface area (Å²) in [5.41, 5.74) is 0. The summed E-state index contributed by atoms with van der Waals surface area (Å²) in [7, 11) is 0. The van der Waals surface area contributed by atoms with Crippen molar-refractivity contribution in [3.63, 3.8) is 0 Å². The maximum absolute atomic E-state index is 3.40. The van der Waals surface area contributed by atoms with Gasteiger partial charge in [0.1, 0.15) is 0 Å². The lowest BCUT2D eigenvalue weighted by molar-refractivity contribution is 0.683. The number of alkyl halides is 2. The number of hydrogen-bond donors (Lipinski definition) is 1. The zero-order chi connectivity index (χ0) is 6.15. The van der Waals surface area contributed by atoms with Crippen LogP contribution in [0.25, 0.3) is 0 Å². The minimum absolute atomic E-state index is 0.720. The molecule has 1 fully saturated rings. The first-order chi connectivity index (χ1) is 3.72. The van der Waals surface area contributed by atoms with Crippen molar-refractivity contribution in [3.8, 4) is 0 Å². The van der Waals surface area contributed by atoms with E-state index in [1.165, 1.54) is 6.54 Å². The first kappa shape index (κ1) is 7.53. The van der Waals surface area contributed by atoms with Gasteiger partial charge in [-0.15, -0.1) is 0 Å². The van der Waals surface area contributed by atoms with E-state index in [9.17, 15) is 0 Å². The molecule has 48 valence electrons. The van der Waals surface area contributed by atoms with E-state index in [-0.39, 0.29) is 0 Å². The van der Waals surface area contributed by atoms with Crippen LogP contribution in [0.5, 0.6) is 0 Å². The number of nitrogens with one attached hydrogen (secondary N) is 1. The minimum atomic E-state index is 0.720. The van der Waals surface area contributed by atoms with Crippen LogP contribution < -0.4 is 5.32 Å². The summed E-state index contributed by atoms with van der Waals surface area (Å²) < 4.78 is 1.66. The Bertz CT molecular complexity index is 76.5. The second-order valence-corrected chi connectivity index (χ2v) is 5.20. The molecule has 0 saturated carbocycles. The molecule has 1 N–H and O–H groups in total. The molecule has 8 heavy (non-hydrogen) atoms. The van der Waals surface area contributed by atoms with Gasteiger partial charge in [0.25, 0.3) is 0 Å². The largest absolute Gasteiger partial charge is 0.312 e. The van der Waals surface area contributed by atoms with Crippen LogP contribution in [0.4, 0.5) is 0 Å². The van der Waals surface area contributed by atoms with Gasteiger partial charge in [-0.2, -0.15) is 0 Å². The van der Waals surface area contributed by atoms with E-state index in [0.29, 0.717) is 0 Å². The van der Waals surface area contributed by atoms with Gasteiger partial charge in [0.15, 0.2) is 0 Å². The van der Waals surface area contributed by atoms with E-state index in [2.05, 4.69) is 57.4 Å². The smallest absolute Gasteiger partial charge is 0.0390 e. The molecule has 1 aliphatic heterocycles. The molecular weight excluding hydrogens is 328 g/mol. The quantitative estimate of drug-likeness (QED) is 0.523. The summed E-state index contributed by atoms with van der Waals surface area (Å²) in [4.78, 5) is 0. The molecule has 3 atom stereocenters. The Morgan fingerprint density at radius 3 is 2.25 bits per heavy atom. The summed E-state index contributed by atoms with van der Waals surface area (Å²) in [5.74, 6) is 0. The molecule has 0 aromatic rings. The van der Waals surface area contributed by atoms with Gasteiger partial charge in [-0.1, -0.05) is 45.2 Å². The van der Waals surface area contributed by atoms with Gasteiger partial charge in [-0.3, -0.25) is 0 Å². The molecule has 0 aromatic carbocycles. The van der Waals surface area contributed by atoms with E-state index in [4.69, 9.17) is 0 Å². The fourth-order valence-electron chi connectivity index (χ4n) is 0.837. The Morgan fingerprint density at radius 1 is 1.50 bits per heavy atom. The number of hydrogen-bond acceptors (Lipinski definition) is 1. The number of halogens is 2. The van der Waals surface area contributed by atoms with Gasteiger partial charge in [0.05, 0.1) is 0 Å². The third-order valence-electron chi connectivity index (χ3n) is 1.46. The first-order valence-corrected chi connectivity index (χ1v) is 5.22. The maximum Gasteiger partial charge on any atom is 0.0390 e. The predicted octanol–water partition coefficient (Wildman–Crippen LogP) is 1.59. The van der Waals surface area contributed by atoms with E-state index >= 15 is 0 Å². The Hall–Kier alpha value is 1.42. The molecule has 0 radical (unpaired) electrons. The van der Waals surface area contributed by atoms with Gasteiger partial charge < -0.3 is 5.32 Å². The fraction of sp³-hybridized carbons (Fsp3) is 1.00. The highest BCUT2D eigenvalue weighted by Crippen LogP contribution is 2.23. The molecule has 1 nitrogen and oxygen atoms in total. The molecular formula is C5H9I2N. The molecule has 0 bridgehead atoms. The SMILES string of the molecule is CC1NCC(I)C1I. The van der Waals surface area contributed by atoms with Gasteiger partial charge >= 0.3 is 0 Å². The molecule has 0 aromatic heterocycles. The minimum Gasteiger partial charge on any atom is -0.312 e. The Balaban J connectivity index is 2.44. The van der Waals surface area contributed by atoms with Crippen LogP contribution in [0.2, 0.25) is 0 Å². The van der Waals surface area contributed by atoms with Crippen molar-refractivity contribution in [1.82, 2.24) is 5.32 Å². The highest BCUT2D eigenvalue weighted by Gasteiger charge is 2.27. The zero-order valence-corrected chi connectivity index (χ0v) is 9.01. The Kier molecular flexibility index (Phi) is 2.83. The molecule has 1 saturated heterocycles. The van der Waals surface area contributed by atoms with Gasteiger partial charge in [-0.05, 0) is 6.92 Å². The van der Waals surface area contributed by atoms with Crippen LogP contribution in [-0.2, 0) is 0 Å². The highest BCUT2D eigenvalue weighted by molar-refractivity contribution is 14.1. The Labute approximate surface area is 77.3 Å². The average Bonchev–Trinajstić information content (AvgIpc) is 1.98. The molecule has 1 heterocycles. The van der Waals surface area contributed by atoms with Gasteiger partial charge in [-0.25, -0.2) is 0 Å². The molecule has 3 heteroatoms. The lowest BCUT2D eigenvalue weighted by Gasteiger charge is -2.07. The monoisotopic (exact) mass is 337 g/mol. The van der Waals surface area contributed by atoms with Crippen molar-refractivity contribution in [1.29, 1.82) is 0 Å². The predicted molar refractivity (Wildman–Crippen MR) is 53.1 cm³/mol. The second-order valence-electron chi connectivity index (χ2n) is 2.16. The molecule has 1 aliphatic rings. The topological polar surface area (TPSA) is 12.0 Å². The molecule has 0 spiro atoms. The van der Waals surface area contributed by atoms with E-state index < -0.39 is 0 Å². The van der Waals surface area contributed by atoms with Crippen molar-refractivity contribution in [2.24, 2.45) is 0 Å². The first-order valence-electron chi connectivity index (χ1n) is 2.73. The van der Waals surface area contributed by atoms with Gasteiger partial charge in [0.2, 0.25) is 0 Å². The molecule has 3 unspecified atom stereocenters. The summed E-state index contributed by atoms with van der Waals surface area (Å²) >= 11 is 5.02. The molecule has 1 rings (SSSR count). The standard InChI is InChI=1S/C5H9I2N/c1-3-5(7)4(6)2-8-3/h3-5,8H,2H2,1H3. The summed E-state index contributed by atoms with van der Waals surface area (Å²) in [6.07, 6.45) is 0. The average molecular weight is 337 g/mol. The van der Waals surface area contributed by atoms with Gasteiger partial charge in [0, 0.05) is 20.4 Å². The second kappa shape index (κ2) is 3.01. The van der Waals surface area contributed by atoms with Crippen LogP contribution in [0.3, 0.4) is 0 Å². The fourth-order valence-corrected chi connectivity index (χ4v) is 2.22. The van der Waals surface area contributed by atoms with E-state index in [0.717, 1.165) is 13.9 Å². The van der Waals surface area contributed by atoms with Crippen molar-refractivity contribution in [3.05, 3.63) is 0 Å². The van der Waals surface area contributed by atoms with Crippen LogP contribution in [-0.4, -0.2) is 20.4 Å². The lowest BCUT2D eigenvalue weighted by Crippen LogP contribution is -2.22. The van der Waals surface area contributed by atoms with Crippen molar-refractivity contribution < 1.29 is 0 Å². The summed E-state index contributed by atoms with van der Waals surface area (Å²) in [5, 5.41) is 3.40. The lowest BCUT2D eigenvalue weighted by atomic mass is 10.3. The number of rotatable bonds is 0. The maximum atomic E-state index is 3.40. The molecule has 0 amide bonds. The van der Waals surface area contributed by atoms with Crippen LogP contribution in [0, 0.1) is 0 Å². The van der Waals surface area contributed by atoms with Crippen molar-refractivity contribution in [2.75, 3.05) is 6.54 Å².